The second-order valence-corrected chi connectivity index (χ2v) is 8.09. The van der Waals surface area contributed by atoms with Gasteiger partial charge >= 0.3 is 0 Å². The van der Waals surface area contributed by atoms with Gasteiger partial charge in [-0.1, -0.05) is 43.2 Å². The second kappa shape index (κ2) is 7.75. The number of ether oxygens (including phenoxy) is 1. The predicted octanol–water partition coefficient (Wildman–Crippen LogP) is 4.67. The molecule has 1 aliphatic heterocycles. The molecule has 4 nitrogen and oxygen atoms in total. The van der Waals surface area contributed by atoms with E-state index in [1.807, 2.05) is 18.5 Å². The van der Waals surface area contributed by atoms with E-state index in [-0.39, 0.29) is 5.60 Å². The van der Waals surface area contributed by atoms with E-state index in [1.54, 1.807) is 11.8 Å². The van der Waals surface area contributed by atoms with Gasteiger partial charge in [-0.2, -0.15) is 0 Å². The summed E-state index contributed by atoms with van der Waals surface area (Å²) in [5, 5.41) is 4.57. The minimum absolute atomic E-state index is 0.128. The Morgan fingerprint density at radius 1 is 1.16 bits per heavy atom. The van der Waals surface area contributed by atoms with Crippen molar-refractivity contribution in [2.45, 2.75) is 60.9 Å². The Hall–Kier alpha value is -1.59. The lowest BCUT2D eigenvalue weighted by Gasteiger charge is -2.38. The van der Waals surface area contributed by atoms with Crippen LogP contribution in [0.5, 0.6) is 0 Å². The fraction of sp³-hybridized carbons (Fsp3) is 0.500. The number of nitrogens with one attached hydrogen (secondary N) is 1. The highest BCUT2D eigenvalue weighted by Crippen LogP contribution is 2.40. The number of nitrogens with zero attached hydrogens (tertiary/aromatic N) is 2. The Bertz CT molecular complexity index is 688. The third kappa shape index (κ3) is 4.33. The van der Waals surface area contributed by atoms with Gasteiger partial charge in [0.05, 0.1) is 18.0 Å². The third-order valence-corrected chi connectivity index (χ3v) is 6.17. The summed E-state index contributed by atoms with van der Waals surface area (Å²) in [6, 6.07) is 10.9. The van der Waals surface area contributed by atoms with Crippen LogP contribution in [-0.4, -0.2) is 28.2 Å². The Morgan fingerprint density at radius 2 is 2.00 bits per heavy atom. The van der Waals surface area contributed by atoms with Crippen molar-refractivity contribution in [1.82, 2.24) is 9.97 Å². The molecule has 132 valence electrons. The van der Waals surface area contributed by atoms with Crippen LogP contribution in [0.15, 0.2) is 47.8 Å². The number of hydrogen-bond acceptors (Lipinski definition) is 5. The van der Waals surface area contributed by atoms with Crippen LogP contribution in [0.1, 0.15) is 44.1 Å². The number of anilines is 1. The normalized spacial score (nSPS) is 22.2. The maximum atomic E-state index is 6.13. The van der Waals surface area contributed by atoms with Crippen molar-refractivity contribution in [3.8, 4) is 0 Å². The van der Waals surface area contributed by atoms with Crippen LogP contribution in [0, 0.1) is 0 Å². The molecule has 1 saturated carbocycles. The van der Waals surface area contributed by atoms with Crippen molar-refractivity contribution < 1.29 is 4.74 Å². The van der Waals surface area contributed by atoms with Crippen molar-refractivity contribution in [1.29, 1.82) is 0 Å². The third-order valence-electron chi connectivity index (χ3n) is 5.20. The predicted molar refractivity (Wildman–Crippen MR) is 102 cm³/mol. The average Bonchev–Trinajstić information content (AvgIpc) is 3.09. The fourth-order valence-corrected chi connectivity index (χ4v) is 4.75. The minimum Gasteiger partial charge on any atom is -0.375 e. The Morgan fingerprint density at radius 3 is 2.84 bits per heavy atom. The van der Waals surface area contributed by atoms with Crippen LogP contribution in [-0.2, 0) is 10.5 Å². The minimum atomic E-state index is 0.128. The summed E-state index contributed by atoms with van der Waals surface area (Å²) in [5.41, 5.74) is 1.43. The molecule has 25 heavy (non-hydrogen) atoms. The highest BCUT2D eigenvalue weighted by Gasteiger charge is 2.39. The number of thioether (sulfide) groups is 1. The van der Waals surface area contributed by atoms with E-state index in [1.165, 1.54) is 31.2 Å². The summed E-state index contributed by atoms with van der Waals surface area (Å²) in [4.78, 5) is 9.12. The zero-order chi connectivity index (χ0) is 17.0. The van der Waals surface area contributed by atoms with Crippen LogP contribution in [0.2, 0.25) is 0 Å². The lowest BCUT2D eigenvalue weighted by Crippen LogP contribution is -2.42. The molecule has 2 aliphatic rings. The summed E-state index contributed by atoms with van der Waals surface area (Å²) in [7, 11) is 0. The van der Waals surface area contributed by atoms with E-state index in [2.05, 4.69) is 34.6 Å². The Kier molecular flexibility index (Phi) is 5.22. The molecular formula is C20H25N3OS. The SMILES string of the molecule is c1ccc(CSc2cncc(NC3CCOC4(CCCC4)C3)n2)cc1. The van der Waals surface area contributed by atoms with Crippen LogP contribution in [0.4, 0.5) is 5.82 Å². The quantitative estimate of drug-likeness (QED) is 0.790. The first-order valence-corrected chi connectivity index (χ1v) is 10.2. The summed E-state index contributed by atoms with van der Waals surface area (Å²) >= 11 is 1.73. The van der Waals surface area contributed by atoms with Crippen LogP contribution < -0.4 is 5.32 Å². The highest BCUT2D eigenvalue weighted by molar-refractivity contribution is 7.98. The Balaban J connectivity index is 1.36. The van der Waals surface area contributed by atoms with E-state index in [0.29, 0.717) is 6.04 Å². The Labute approximate surface area is 153 Å². The molecule has 0 radical (unpaired) electrons. The molecule has 0 amide bonds. The van der Waals surface area contributed by atoms with E-state index in [0.717, 1.165) is 36.0 Å². The van der Waals surface area contributed by atoms with E-state index >= 15 is 0 Å². The molecular weight excluding hydrogens is 330 g/mol. The average molecular weight is 356 g/mol. The van der Waals surface area contributed by atoms with Gasteiger partial charge in [-0.05, 0) is 31.2 Å². The van der Waals surface area contributed by atoms with Gasteiger partial charge in [0.25, 0.3) is 0 Å². The molecule has 1 N–H and O–H groups in total. The number of rotatable bonds is 5. The summed E-state index contributed by atoms with van der Waals surface area (Å²) < 4.78 is 6.13. The van der Waals surface area contributed by atoms with Crippen molar-refractivity contribution in [2.24, 2.45) is 0 Å². The zero-order valence-electron chi connectivity index (χ0n) is 14.5. The van der Waals surface area contributed by atoms with Gasteiger partial charge in [-0.25, -0.2) is 4.98 Å². The second-order valence-electron chi connectivity index (χ2n) is 7.09. The van der Waals surface area contributed by atoms with Crippen molar-refractivity contribution >= 4 is 17.6 Å². The molecule has 4 rings (SSSR count). The molecule has 1 aromatic heterocycles. The van der Waals surface area contributed by atoms with Gasteiger partial charge < -0.3 is 10.1 Å². The smallest absolute Gasteiger partial charge is 0.146 e. The van der Waals surface area contributed by atoms with Crippen LogP contribution in [0.3, 0.4) is 0 Å². The number of benzene rings is 1. The van der Waals surface area contributed by atoms with Gasteiger partial charge in [-0.3, -0.25) is 4.98 Å². The molecule has 0 bridgehead atoms. The van der Waals surface area contributed by atoms with Crippen molar-refractivity contribution in [3.05, 3.63) is 48.3 Å². The van der Waals surface area contributed by atoms with Crippen molar-refractivity contribution in [3.63, 3.8) is 0 Å². The summed E-state index contributed by atoms with van der Waals surface area (Å²) in [5.74, 6) is 1.80. The lowest BCUT2D eigenvalue weighted by atomic mass is 9.89. The van der Waals surface area contributed by atoms with Crippen LogP contribution >= 0.6 is 11.8 Å². The number of aromatic nitrogens is 2. The fourth-order valence-electron chi connectivity index (χ4n) is 3.95. The molecule has 2 aromatic rings. The molecule has 1 aliphatic carbocycles. The van der Waals surface area contributed by atoms with Crippen LogP contribution in [0.25, 0.3) is 0 Å². The van der Waals surface area contributed by atoms with Gasteiger partial charge in [0, 0.05) is 18.4 Å². The lowest BCUT2D eigenvalue weighted by molar-refractivity contribution is -0.0767. The standard InChI is InChI=1S/C20H25N3OS/c1-2-6-16(7-3-1)15-25-19-14-21-13-18(23-19)22-17-8-11-24-20(12-17)9-4-5-10-20/h1-3,6-7,13-14,17H,4-5,8-12,15H2,(H,22,23). The van der Waals surface area contributed by atoms with Gasteiger partial charge in [-0.15, -0.1) is 11.8 Å². The summed E-state index contributed by atoms with van der Waals surface area (Å²) in [6.07, 6.45) is 10.9. The maximum absolute atomic E-state index is 6.13. The van der Waals surface area contributed by atoms with E-state index < -0.39 is 0 Å². The first-order chi connectivity index (χ1) is 12.3. The summed E-state index contributed by atoms with van der Waals surface area (Å²) in [6.45, 7) is 0.855. The molecule has 2 fully saturated rings. The monoisotopic (exact) mass is 355 g/mol. The molecule has 5 heteroatoms. The first-order valence-electron chi connectivity index (χ1n) is 9.21. The zero-order valence-corrected chi connectivity index (χ0v) is 15.3. The molecule has 1 unspecified atom stereocenters. The van der Waals surface area contributed by atoms with E-state index in [9.17, 15) is 0 Å². The molecule has 1 atom stereocenters. The van der Waals surface area contributed by atoms with Crippen molar-refractivity contribution in [2.75, 3.05) is 11.9 Å². The molecule has 2 heterocycles. The van der Waals surface area contributed by atoms with Gasteiger partial charge in [0.15, 0.2) is 0 Å². The molecule has 1 spiro atoms. The van der Waals surface area contributed by atoms with Gasteiger partial charge in [0.1, 0.15) is 10.8 Å². The van der Waals surface area contributed by atoms with Gasteiger partial charge in [0.2, 0.25) is 0 Å². The maximum Gasteiger partial charge on any atom is 0.146 e. The molecule has 1 saturated heterocycles. The topological polar surface area (TPSA) is 47.0 Å². The first kappa shape index (κ1) is 16.9. The largest absolute Gasteiger partial charge is 0.375 e. The molecule has 1 aromatic carbocycles. The number of hydrogen-bond donors (Lipinski definition) is 1. The van der Waals surface area contributed by atoms with E-state index in [4.69, 9.17) is 9.72 Å². The highest BCUT2D eigenvalue weighted by atomic mass is 32.2.